The van der Waals surface area contributed by atoms with Crippen LogP contribution in [0.3, 0.4) is 0 Å². The van der Waals surface area contributed by atoms with Crippen LogP contribution in [0.2, 0.25) is 0 Å². The standard InChI is InChI=1S/C12H22N2O3/c1-9-5-6-10(3-2-4-11(13)15)8-14(7-9)12(16)17/h9-10H,2-8H2,1H3,(H2,13,15)(H,16,17). The van der Waals surface area contributed by atoms with E-state index in [9.17, 15) is 9.59 Å². The Bertz CT molecular complexity index is 281. The molecular weight excluding hydrogens is 220 g/mol. The van der Waals surface area contributed by atoms with Gasteiger partial charge < -0.3 is 15.7 Å². The van der Waals surface area contributed by atoms with Crippen LogP contribution in [0.4, 0.5) is 4.79 Å². The van der Waals surface area contributed by atoms with Gasteiger partial charge in [0.1, 0.15) is 0 Å². The molecule has 3 N–H and O–H groups in total. The lowest BCUT2D eigenvalue weighted by molar-refractivity contribution is -0.118. The predicted octanol–water partition coefficient (Wildman–Crippen LogP) is 1.67. The highest BCUT2D eigenvalue weighted by molar-refractivity contribution is 5.73. The van der Waals surface area contributed by atoms with E-state index in [2.05, 4.69) is 6.92 Å². The van der Waals surface area contributed by atoms with E-state index in [1.807, 2.05) is 0 Å². The summed E-state index contributed by atoms with van der Waals surface area (Å²) in [7, 11) is 0. The van der Waals surface area contributed by atoms with Crippen molar-refractivity contribution in [1.29, 1.82) is 0 Å². The summed E-state index contributed by atoms with van der Waals surface area (Å²) in [5, 5.41) is 9.06. The highest BCUT2D eigenvalue weighted by atomic mass is 16.4. The second-order valence-electron chi connectivity index (χ2n) is 5.09. The van der Waals surface area contributed by atoms with Crippen LogP contribution in [-0.2, 0) is 4.79 Å². The van der Waals surface area contributed by atoms with Gasteiger partial charge in [-0.1, -0.05) is 6.92 Å². The van der Waals surface area contributed by atoms with Gasteiger partial charge in [-0.25, -0.2) is 4.79 Å². The number of nitrogens with two attached hydrogens (primary N) is 1. The SMILES string of the molecule is CC1CCC(CCCC(N)=O)CN(C(=O)O)C1. The van der Waals surface area contributed by atoms with Crippen LogP contribution in [0.5, 0.6) is 0 Å². The molecule has 1 heterocycles. The second kappa shape index (κ2) is 6.47. The Labute approximate surface area is 102 Å². The molecule has 5 nitrogen and oxygen atoms in total. The van der Waals surface area contributed by atoms with Gasteiger partial charge in [-0.3, -0.25) is 4.79 Å². The van der Waals surface area contributed by atoms with Gasteiger partial charge in [-0.05, 0) is 37.5 Å². The Morgan fingerprint density at radius 1 is 1.35 bits per heavy atom. The molecule has 5 heteroatoms. The number of carboxylic acid groups (broad SMARTS) is 1. The van der Waals surface area contributed by atoms with Crippen LogP contribution in [0.1, 0.15) is 39.0 Å². The summed E-state index contributed by atoms with van der Waals surface area (Å²) in [5.74, 6) is 0.518. The maximum atomic E-state index is 11.0. The largest absolute Gasteiger partial charge is 0.465 e. The van der Waals surface area contributed by atoms with E-state index >= 15 is 0 Å². The number of amides is 2. The third kappa shape index (κ3) is 5.06. The summed E-state index contributed by atoms with van der Waals surface area (Å²) < 4.78 is 0. The molecule has 0 bridgehead atoms. The van der Waals surface area contributed by atoms with Crippen molar-refractivity contribution >= 4 is 12.0 Å². The molecule has 0 aromatic carbocycles. The van der Waals surface area contributed by atoms with E-state index in [0.29, 0.717) is 31.3 Å². The second-order valence-corrected chi connectivity index (χ2v) is 5.09. The smallest absolute Gasteiger partial charge is 0.407 e. The molecule has 0 saturated carbocycles. The average molecular weight is 242 g/mol. The minimum absolute atomic E-state index is 0.276. The first-order valence-corrected chi connectivity index (χ1v) is 6.25. The zero-order chi connectivity index (χ0) is 12.8. The van der Waals surface area contributed by atoms with Crippen molar-refractivity contribution < 1.29 is 14.7 Å². The number of hydrogen-bond acceptors (Lipinski definition) is 2. The topological polar surface area (TPSA) is 83.6 Å². The zero-order valence-corrected chi connectivity index (χ0v) is 10.4. The van der Waals surface area contributed by atoms with Gasteiger partial charge in [0, 0.05) is 19.5 Å². The van der Waals surface area contributed by atoms with E-state index in [-0.39, 0.29) is 5.91 Å². The lowest BCUT2D eigenvalue weighted by Gasteiger charge is -2.22. The molecule has 1 aliphatic heterocycles. The fourth-order valence-electron chi connectivity index (χ4n) is 2.42. The molecule has 0 spiro atoms. The van der Waals surface area contributed by atoms with Crippen molar-refractivity contribution in [3.8, 4) is 0 Å². The molecule has 0 aromatic heterocycles. The fraction of sp³-hybridized carbons (Fsp3) is 0.833. The third-order valence-corrected chi connectivity index (χ3v) is 3.38. The van der Waals surface area contributed by atoms with Crippen LogP contribution in [0, 0.1) is 11.8 Å². The Morgan fingerprint density at radius 2 is 2.06 bits per heavy atom. The van der Waals surface area contributed by atoms with Crippen molar-refractivity contribution in [3.63, 3.8) is 0 Å². The van der Waals surface area contributed by atoms with E-state index in [1.54, 1.807) is 0 Å². The van der Waals surface area contributed by atoms with Gasteiger partial charge in [0.25, 0.3) is 0 Å². The van der Waals surface area contributed by atoms with Gasteiger partial charge in [0.15, 0.2) is 0 Å². The lowest BCUT2D eigenvalue weighted by Crippen LogP contribution is -2.35. The molecule has 0 radical (unpaired) electrons. The first-order valence-electron chi connectivity index (χ1n) is 6.25. The monoisotopic (exact) mass is 242 g/mol. The number of carbonyl (C=O) groups is 2. The van der Waals surface area contributed by atoms with Crippen molar-refractivity contribution in [2.45, 2.75) is 39.0 Å². The summed E-state index contributed by atoms with van der Waals surface area (Å²) >= 11 is 0. The molecule has 1 fully saturated rings. The maximum absolute atomic E-state index is 11.0. The minimum atomic E-state index is -0.835. The fourth-order valence-corrected chi connectivity index (χ4v) is 2.42. The van der Waals surface area contributed by atoms with E-state index < -0.39 is 6.09 Å². The van der Waals surface area contributed by atoms with Gasteiger partial charge in [0.2, 0.25) is 5.91 Å². The number of likely N-dealkylation sites (tertiary alicyclic amines) is 1. The molecule has 98 valence electrons. The Morgan fingerprint density at radius 3 is 2.65 bits per heavy atom. The first-order chi connectivity index (χ1) is 7.99. The molecule has 1 saturated heterocycles. The molecule has 1 aliphatic rings. The minimum Gasteiger partial charge on any atom is -0.465 e. The van der Waals surface area contributed by atoms with Crippen molar-refractivity contribution in [2.24, 2.45) is 17.6 Å². The Kier molecular flexibility index (Phi) is 5.25. The molecule has 1 rings (SSSR count). The molecule has 0 aliphatic carbocycles. The van der Waals surface area contributed by atoms with Crippen LogP contribution in [0.15, 0.2) is 0 Å². The van der Waals surface area contributed by atoms with Crippen LogP contribution < -0.4 is 5.73 Å². The van der Waals surface area contributed by atoms with Crippen LogP contribution in [-0.4, -0.2) is 35.1 Å². The normalized spacial score (nSPS) is 25.4. The number of rotatable bonds is 4. The predicted molar refractivity (Wildman–Crippen MR) is 64.5 cm³/mol. The van der Waals surface area contributed by atoms with E-state index in [0.717, 1.165) is 25.7 Å². The molecule has 2 atom stereocenters. The van der Waals surface area contributed by atoms with Gasteiger partial charge in [-0.15, -0.1) is 0 Å². The van der Waals surface area contributed by atoms with Crippen LogP contribution >= 0.6 is 0 Å². The Hall–Kier alpha value is -1.26. The molecule has 17 heavy (non-hydrogen) atoms. The molecule has 2 amide bonds. The molecule has 2 unspecified atom stereocenters. The maximum Gasteiger partial charge on any atom is 0.407 e. The van der Waals surface area contributed by atoms with Gasteiger partial charge in [-0.2, -0.15) is 0 Å². The van der Waals surface area contributed by atoms with Gasteiger partial charge in [0.05, 0.1) is 0 Å². The number of nitrogens with zero attached hydrogens (tertiary/aromatic N) is 1. The Balaban J connectivity index is 2.43. The average Bonchev–Trinajstić information content (AvgIpc) is 2.40. The van der Waals surface area contributed by atoms with E-state index in [1.165, 1.54) is 4.90 Å². The first kappa shape index (κ1) is 13.8. The highest BCUT2D eigenvalue weighted by Gasteiger charge is 2.24. The lowest BCUT2D eigenvalue weighted by atomic mass is 9.94. The van der Waals surface area contributed by atoms with Crippen molar-refractivity contribution in [3.05, 3.63) is 0 Å². The zero-order valence-electron chi connectivity index (χ0n) is 10.4. The van der Waals surface area contributed by atoms with Gasteiger partial charge >= 0.3 is 6.09 Å². The molecular formula is C12H22N2O3. The quantitative estimate of drug-likeness (QED) is 0.786. The molecule has 0 aromatic rings. The number of hydrogen-bond donors (Lipinski definition) is 2. The number of carbonyl (C=O) groups excluding carboxylic acids is 1. The third-order valence-electron chi connectivity index (χ3n) is 3.38. The summed E-state index contributed by atoms with van der Waals surface area (Å²) in [4.78, 5) is 23.2. The summed E-state index contributed by atoms with van der Waals surface area (Å²) in [6.07, 6.45) is 3.33. The van der Waals surface area contributed by atoms with E-state index in [4.69, 9.17) is 10.8 Å². The summed E-state index contributed by atoms with van der Waals surface area (Å²) in [6, 6.07) is 0. The number of primary amides is 1. The summed E-state index contributed by atoms with van der Waals surface area (Å²) in [6.45, 7) is 3.31. The summed E-state index contributed by atoms with van der Waals surface area (Å²) in [5.41, 5.74) is 5.09. The van der Waals surface area contributed by atoms with Crippen LogP contribution in [0.25, 0.3) is 0 Å². The van der Waals surface area contributed by atoms with Crippen molar-refractivity contribution in [1.82, 2.24) is 4.90 Å². The highest BCUT2D eigenvalue weighted by Crippen LogP contribution is 2.24. The van der Waals surface area contributed by atoms with Crippen molar-refractivity contribution in [2.75, 3.05) is 13.1 Å².